The van der Waals surface area contributed by atoms with Gasteiger partial charge in [-0.2, -0.15) is 0 Å². The SMILES string of the molecule is NCCC(O)c1c(Cl)ccc2c1OCCO2. The van der Waals surface area contributed by atoms with Crippen molar-refractivity contribution in [2.75, 3.05) is 19.8 Å². The molecular formula is C11H14ClNO3. The molecule has 0 fully saturated rings. The smallest absolute Gasteiger partial charge is 0.168 e. The Balaban J connectivity index is 2.41. The Morgan fingerprint density at radius 1 is 1.38 bits per heavy atom. The molecule has 3 N–H and O–H groups in total. The molecule has 16 heavy (non-hydrogen) atoms. The molecule has 5 heteroatoms. The number of nitrogens with two attached hydrogens (primary N) is 1. The number of fused-ring (bicyclic) bond motifs is 1. The second-order valence-electron chi connectivity index (χ2n) is 3.58. The molecular weight excluding hydrogens is 230 g/mol. The molecule has 0 saturated heterocycles. The van der Waals surface area contributed by atoms with Crippen molar-refractivity contribution in [1.82, 2.24) is 0 Å². The van der Waals surface area contributed by atoms with E-state index in [1.807, 2.05) is 0 Å². The number of hydrogen-bond acceptors (Lipinski definition) is 4. The minimum Gasteiger partial charge on any atom is -0.486 e. The first kappa shape index (κ1) is 11.5. The van der Waals surface area contributed by atoms with E-state index in [4.69, 9.17) is 26.8 Å². The zero-order valence-electron chi connectivity index (χ0n) is 8.78. The number of rotatable bonds is 3. The first-order valence-corrected chi connectivity index (χ1v) is 5.58. The van der Waals surface area contributed by atoms with Crippen LogP contribution in [-0.4, -0.2) is 24.9 Å². The van der Waals surface area contributed by atoms with E-state index < -0.39 is 6.10 Å². The van der Waals surface area contributed by atoms with Gasteiger partial charge in [-0.1, -0.05) is 11.6 Å². The van der Waals surface area contributed by atoms with Crippen LogP contribution in [0.3, 0.4) is 0 Å². The second kappa shape index (κ2) is 4.91. The summed E-state index contributed by atoms with van der Waals surface area (Å²) in [6.45, 7) is 1.37. The highest BCUT2D eigenvalue weighted by molar-refractivity contribution is 6.31. The van der Waals surface area contributed by atoms with E-state index in [0.717, 1.165) is 0 Å². The van der Waals surface area contributed by atoms with E-state index in [0.29, 0.717) is 48.3 Å². The van der Waals surface area contributed by atoms with E-state index in [2.05, 4.69) is 0 Å². The highest BCUT2D eigenvalue weighted by Gasteiger charge is 2.23. The average Bonchev–Trinajstić information content (AvgIpc) is 2.29. The fourth-order valence-electron chi connectivity index (χ4n) is 1.73. The Labute approximate surface area is 98.9 Å². The molecule has 1 aliphatic rings. The molecule has 0 aliphatic carbocycles. The van der Waals surface area contributed by atoms with Crippen LogP contribution in [0.15, 0.2) is 12.1 Å². The summed E-state index contributed by atoms with van der Waals surface area (Å²) in [7, 11) is 0. The van der Waals surface area contributed by atoms with Crippen LogP contribution in [-0.2, 0) is 0 Å². The van der Waals surface area contributed by atoms with Gasteiger partial charge in [-0.05, 0) is 25.1 Å². The number of halogens is 1. The van der Waals surface area contributed by atoms with Crippen LogP contribution < -0.4 is 15.2 Å². The third kappa shape index (κ3) is 2.09. The van der Waals surface area contributed by atoms with Gasteiger partial charge in [0, 0.05) is 5.56 Å². The van der Waals surface area contributed by atoms with Gasteiger partial charge in [-0.3, -0.25) is 0 Å². The van der Waals surface area contributed by atoms with Crippen molar-refractivity contribution in [3.05, 3.63) is 22.7 Å². The molecule has 0 saturated carbocycles. The fourth-order valence-corrected chi connectivity index (χ4v) is 2.00. The molecule has 1 aromatic rings. The third-order valence-electron chi connectivity index (χ3n) is 2.47. The van der Waals surface area contributed by atoms with Crippen LogP contribution in [0, 0.1) is 0 Å². The van der Waals surface area contributed by atoms with Crippen LogP contribution in [0.5, 0.6) is 11.5 Å². The maximum atomic E-state index is 9.96. The van der Waals surface area contributed by atoms with Gasteiger partial charge >= 0.3 is 0 Å². The lowest BCUT2D eigenvalue weighted by Gasteiger charge is -2.23. The molecule has 88 valence electrons. The number of benzene rings is 1. The summed E-state index contributed by atoms with van der Waals surface area (Å²) in [5.74, 6) is 1.17. The van der Waals surface area contributed by atoms with Crippen LogP contribution in [0.2, 0.25) is 5.02 Å². The minimum absolute atomic E-state index is 0.391. The summed E-state index contributed by atoms with van der Waals surface area (Å²) in [5.41, 5.74) is 5.99. The summed E-state index contributed by atoms with van der Waals surface area (Å²) in [6.07, 6.45) is -0.270. The molecule has 0 aromatic heterocycles. The summed E-state index contributed by atoms with van der Waals surface area (Å²) >= 11 is 6.06. The molecule has 1 unspecified atom stereocenters. The number of hydrogen-bond donors (Lipinski definition) is 2. The van der Waals surface area contributed by atoms with Gasteiger partial charge in [0.15, 0.2) is 11.5 Å². The van der Waals surface area contributed by atoms with Gasteiger partial charge in [0.25, 0.3) is 0 Å². The molecule has 4 nitrogen and oxygen atoms in total. The Morgan fingerprint density at radius 2 is 2.12 bits per heavy atom. The molecule has 0 radical (unpaired) electrons. The first-order valence-electron chi connectivity index (χ1n) is 5.20. The van der Waals surface area contributed by atoms with Crippen LogP contribution in [0.4, 0.5) is 0 Å². The Hall–Kier alpha value is -0.970. The number of ether oxygens (including phenoxy) is 2. The maximum Gasteiger partial charge on any atom is 0.168 e. The molecule has 1 aliphatic heterocycles. The molecule has 2 rings (SSSR count). The van der Waals surface area contributed by atoms with Gasteiger partial charge in [0.05, 0.1) is 11.1 Å². The predicted molar refractivity (Wildman–Crippen MR) is 61.1 cm³/mol. The summed E-state index contributed by atoms with van der Waals surface area (Å²) in [5, 5.41) is 10.4. The fraction of sp³-hybridized carbons (Fsp3) is 0.455. The Bertz CT molecular complexity index is 384. The molecule has 0 spiro atoms. The molecule has 1 heterocycles. The van der Waals surface area contributed by atoms with Gasteiger partial charge < -0.3 is 20.3 Å². The van der Waals surface area contributed by atoms with Crippen LogP contribution >= 0.6 is 11.6 Å². The van der Waals surface area contributed by atoms with E-state index in [1.54, 1.807) is 12.1 Å². The highest BCUT2D eigenvalue weighted by Crippen LogP contribution is 2.42. The van der Waals surface area contributed by atoms with Crippen LogP contribution in [0.1, 0.15) is 18.1 Å². The van der Waals surface area contributed by atoms with E-state index in [-0.39, 0.29) is 0 Å². The third-order valence-corrected chi connectivity index (χ3v) is 2.80. The normalized spacial score (nSPS) is 15.9. The lowest BCUT2D eigenvalue weighted by molar-refractivity contribution is 0.142. The van der Waals surface area contributed by atoms with Crippen LogP contribution in [0.25, 0.3) is 0 Å². The average molecular weight is 244 g/mol. The van der Waals surface area contributed by atoms with Gasteiger partial charge in [0.1, 0.15) is 13.2 Å². The largest absolute Gasteiger partial charge is 0.486 e. The molecule has 0 amide bonds. The first-order chi connectivity index (χ1) is 7.74. The Morgan fingerprint density at radius 3 is 2.88 bits per heavy atom. The van der Waals surface area contributed by atoms with E-state index >= 15 is 0 Å². The minimum atomic E-state index is -0.714. The number of aliphatic hydroxyl groups is 1. The van der Waals surface area contributed by atoms with E-state index in [1.165, 1.54) is 0 Å². The van der Waals surface area contributed by atoms with Crippen molar-refractivity contribution in [3.8, 4) is 11.5 Å². The summed E-state index contributed by atoms with van der Waals surface area (Å²) < 4.78 is 10.9. The monoisotopic (exact) mass is 243 g/mol. The highest BCUT2D eigenvalue weighted by atomic mass is 35.5. The quantitative estimate of drug-likeness (QED) is 0.844. The molecule has 1 atom stereocenters. The zero-order valence-corrected chi connectivity index (χ0v) is 9.54. The van der Waals surface area contributed by atoms with Crippen molar-refractivity contribution in [1.29, 1.82) is 0 Å². The lowest BCUT2D eigenvalue weighted by atomic mass is 10.0. The molecule has 1 aromatic carbocycles. The van der Waals surface area contributed by atoms with Crippen molar-refractivity contribution in [2.45, 2.75) is 12.5 Å². The van der Waals surface area contributed by atoms with Gasteiger partial charge in [-0.15, -0.1) is 0 Å². The maximum absolute atomic E-state index is 9.96. The second-order valence-corrected chi connectivity index (χ2v) is 3.99. The number of aliphatic hydroxyl groups excluding tert-OH is 1. The van der Waals surface area contributed by atoms with Crippen molar-refractivity contribution in [2.24, 2.45) is 5.73 Å². The van der Waals surface area contributed by atoms with E-state index in [9.17, 15) is 5.11 Å². The van der Waals surface area contributed by atoms with Gasteiger partial charge in [0.2, 0.25) is 0 Å². The van der Waals surface area contributed by atoms with Crippen molar-refractivity contribution >= 4 is 11.6 Å². The van der Waals surface area contributed by atoms with Gasteiger partial charge in [-0.25, -0.2) is 0 Å². The zero-order chi connectivity index (χ0) is 11.5. The standard InChI is InChI=1S/C11H14ClNO3/c12-7-1-2-9-11(16-6-5-15-9)10(7)8(14)3-4-13/h1-2,8,14H,3-6,13H2. The van der Waals surface area contributed by atoms with Crippen molar-refractivity contribution < 1.29 is 14.6 Å². The Kier molecular flexibility index (Phi) is 3.53. The predicted octanol–water partition coefficient (Wildman–Crippen LogP) is 1.49. The lowest BCUT2D eigenvalue weighted by Crippen LogP contribution is -2.18. The summed E-state index contributed by atoms with van der Waals surface area (Å²) in [6, 6.07) is 3.44. The molecule has 0 bridgehead atoms. The van der Waals surface area contributed by atoms with Crippen molar-refractivity contribution in [3.63, 3.8) is 0 Å². The summed E-state index contributed by atoms with van der Waals surface area (Å²) in [4.78, 5) is 0. The topological polar surface area (TPSA) is 64.7 Å².